The average Bonchev–Trinajstić information content (AvgIpc) is 3.96. The van der Waals surface area contributed by atoms with E-state index >= 15 is 0 Å². The van der Waals surface area contributed by atoms with Gasteiger partial charge in [-0.25, -0.2) is 13.8 Å². The molecule has 228 valence electrons. The Morgan fingerprint density at radius 2 is 1.80 bits per heavy atom. The molecule has 0 spiro atoms. The minimum atomic E-state index is -1.36. The van der Waals surface area contributed by atoms with Crippen molar-refractivity contribution in [1.82, 2.24) is 25.5 Å². The third kappa shape index (κ3) is 7.18. The van der Waals surface area contributed by atoms with E-state index in [1.54, 1.807) is 6.07 Å². The van der Waals surface area contributed by atoms with Gasteiger partial charge < -0.3 is 15.5 Å². The lowest BCUT2D eigenvalue weighted by molar-refractivity contribution is -0.138. The van der Waals surface area contributed by atoms with Crippen LogP contribution in [-0.4, -0.2) is 57.9 Å². The van der Waals surface area contributed by atoms with E-state index in [4.69, 9.17) is 0 Å². The first-order valence-electron chi connectivity index (χ1n) is 15.2. The summed E-state index contributed by atoms with van der Waals surface area (Å²) in [5.74, 6) is -0.867. The van der Waals surface area contributed by atoms with Gasteiger partial charge in [0.05, 0.1) is 30.3 Å². The van der Waals surface area contributed by atoms with Gasteiger partial charge in [-0.2, -0.15) is 0 Å². The van der Waals surface area contributed by atoms with Gasteiger partial charge in [0.2, 0.25) is 11.8 Å². The van der Waals surface area contributed by atoms with E-state index in [9.17, 15) is 23.2 Å². The Morgan fingerprint density at radius 1 is 1.05 bits per heavy atom. The summed E-state index contributed by atoms with van der Waals surface area (Å²) in [7, 11) is 0. The van der Waals surface area contributed by atoms with Crippen molar-refractivity contribution in [3.63, 3.8) is 0 Å². The number of halogens is 2. The first kappa shape index (κ1) is 29.6. The van der Waals surface area contributed by atoms with Gasteiger partial charge in [0.15, 0.2) is 0 Å². The number of hydrogen-bond donors (Lipinski definition) is 2. The fourth-order valence-corrected chi connectivity index (χ4v) is 5.42. The molecule has 3 aliphatic rings. The zero-order valence-corrected chi connectivity index (χ0v) is 24.5. The lowest BCUT2D eigenvalue weighted by Crippen LogP contribution is -2.49. The summed E-state index contributed by atoms with van der Waals surface area (Å²) in [5, 5.41) is 6.05. The van der Waals surface area contributed by atoms with Gasteiger partial charge in [-0.3, -0.25) is 19.4 Å². The quantitative estimate of drug-likeness (QED) is 0.335. The summed E-state index contributed by atoms with van der Waals surface area (Å²) >= 11 is 0. The second-order valence-corrected chi connectivity index (χ2v) is 12.0. The minimum absolute atomic E-state index is 0.0556. The van der Waals surface area contributed by atoms with Crippen molar-refractivity contribution in [1.29, 1.82) is 0 Å². The topological polar surface area (TPSA) is 104 Å². The third-order valence-electron chi connectivity index (χ3n) is 8.30. The molecule has 8 nitrogen and oxygen atoms in total. The summed E-state index contributed by atoms with van der Waals surface area (Å²) in [5.41, 5.74) is 3.10. The van der Waals surface area contributed by atoms with Crippen LogP contribution in [0, 0.1) is 17.7 Å². The van der Waals surface area contributed by atoms with Crippen LogP contribution in [-0.2, 0) is 9.59 Å². The SMILES string of the molecule is C[C@@H](NC(=O)[C@@H]1C[C@@H](F)CN1C(=O)CNC(=O)c1ccc2cc(F)ccc2n1)c1cc(/C=C/C2CC2)ncc1/C=C/C1CC1. The lowest BCUT2D eigenvalue weighted by atomic mass is 10.0. The highest BCUT2D eigenvalue weighted by Gasteiger charge is 2.40. The standard InChI is InChI=1S/C34H35F2N5O3/c1-20(28-16-27(11-7-22-4-5-22)37-17-24(28)8-6-21-2-3-21)39-34(44)31-15-26(36)19-41(31)32(42)18-38-33(43)30-12-9-23-14-25(35)10-13-29(23)40-30/h6-14,16-17,20-22,26,31H,2-5,15,18-19H2,1H3,(H,38,43)(H,39,44)/b8-6+,11-7+/t20-,26-,31+/m1/s1. The molecular weight excluding hydrogens is 564 g/mol. The van der Waals surface area contributed by atoms with Crippen LogP contribution in [0.2, 0.25) is 0 Å². The van der Waals surface area contributed by atoms with Crippen molar-refractivity contribution in [2.75, 3.05) is 13.1 Å². The van der Waals surface area contributed by atoms with E-state index in [2.05, 4.69) is 32.8 Å². The van der Waals surface area contributed by atoms with Gasteiger partial charge >= 0.3 is 0 Å². The molecule has 0 unspecified atom stereocenters. The lowest BCUT2D eigenvalue weighted by Gasteiger charge is -2.26. The number of allylic oxidation sites excluding steroid dienone is 2. The molecule has 3 heterocycles. The molecule has 2 aromatic heterocycles. The summed E-state index contributed by atoms with van der Waals surface area (Å²) < 4.78 is 28.0. The molecular formula is C34H35F2N5O3. The predicted octanol–water partition coefficient (Wildman–Crippen LogP) is 5.16. The Labute approximate surface area is 254 Å². The highest BCUT2D eigenvalue weighted by Crippen LogP contribution is 2.33. The van der Waals surface area contributed by atoms with E-state index in [0.29, 0.717) is 22.7 Å². The van der Waals surface area contributed by atoms with Crippen LogP contribution >= 0.6 is 0 Å². The fraction of sp³-hybridized carbons (Fsp3) is 0.382. The number of amides is 3. The van der Waals surface area contributed by atoms with Gasteiger partial charge in [0, 0.05) is 18.0 Å². The van der Waals surface area contributed by atoms with Crippen molar-refractivity contribution in [2.24, 2.45) is 11.8 Å². The Hall–Kier alpha value is -4.47. The Balaban J connectivity index is 1.11. The van der Waals surface area contributed by atoms with E-state index < -0.39 is 48.3 Å². The van der Waals surface area contributed by atoms with Crippen LogP contribution < -0.4 is 10.6 Å². The first-order valence-corrected chi connectivity index (χ1v) is 15.2. The Morgan fingerprint density at radius 3 is 2.55 bits per heavy atom. The van der Waals surface area contributed by atoms with Crippen molar-refractivity contribution in [2.45, 2.75) is 57.3 Å². The number of alkyl halides is 1. The van der Waals surface area contributed by atoms with Gasteiger partial charge in [-0.1, -0.05) is 24.3 Å². The fourth-order valence-electron chi connectivity index (χ4n) is 5.42. The van der Waals surface area contributed by atoms with Gasteiger partial charge in [0.1, 0.15) is 23.7 Å². The molecule has 44 heavy (non-hydrogen) atoms. The summed E-state index contributed by atoms with van der Waals surface area (Å²) in [4.78, 5) is 49.3. The number of carbonyl (C=O) groups is 3. The monoisotopic (exact) mass is 599 g/mol. The zero-order chi connectivity index (χ0) is 30.8. The molecule has 1 aliphatic heterocycles. The molecule has 2 N–H and O–H groups in total. The second kappa shape index (κ2) is 12.6. The van der Waals surface area contributed by atoms with Gasteiger partial charge in [-0.05, 0) is 92.0 Å². The number of fused-ring (bicyclic) bond motifs is 1. The van der Waals surface area contributed by atoms with E-state index in [0.717, 1.165) is 16.8 Å². The maximum atomic E-state index is 14.6. The summed E-state index contributed by atoms with van der Waals surface area (Å²) in [6.45, 7) is 1.21. The first-order chi connectivity index (χ1) is 21.2. The number of nitrogens with one attached hydrogen (secondary N) is 2. The number of carbonyl (C=O) groups excluding carboxylic acids is 3. The number of benzene rings is 1. The molecule has 1 aromatic carbocycles. The van der Waals surface area contributed by atoms with Crippen molar-refractivity contribution < 1.29 is 23.2 Å². The number of pyridine rings is 2. The maximum Gasteiger partial charge on any atom is 0.270 e. The molecule has 3 aromatic rings. The van der Waals surface area contributed by atoms with E-state index in [-0.39, 0.29) is 18.7 Å². The number of rotatable bonds is 10. The molecule has 2 aliphatic carbocycles. The normalized spacial score (nSPS) is 20.8. The Kier molecular flexibility index (Phi) is 8.50. The average molecular weight is 600 g/mol. The predicted molar refractivity (Wildman–Crippen MR) is 163 cm³/mol. The molecule has 10 heteroatoms. The molecule has 6 rings (SSSR count). The van der Waals surface area contributed by atoms with Crippen molar-refractivity contribution >= 4 is 40.8 Å². The molecule has 0 bridgehead atoms. The van der Waals surface area contributed by atoms with Crippen LogP contribution in [0.15, 0.2) is 54.7 Å². The smallest absolute Gasteiger partial charge is 0.270 e. The molecule has 3 amide bonds. The number of aromatic nitrogens is 2. The second-order valence-electron chi connectivity index (χ2n) is 12.0. The largest absolute Gasteiger partial charge is 0.348 e. The highest BCUT2D eigenvalue weighted by atomic mass is 19.1. The van der Waals surface area contributed by atoms with Crippen molar-refractivity contribution in [3.8, 4) is 0 Å². The Bertz CT molecular complexity index is 1650. The zero-order valence-electron chi connectivity index (χ0n) is 24.5. The molecule has 3 atom stereocenters. The number of hydrogen-bond acceptors (Lipinski definition) is 5. The van der Waals surface area contributed by atoms with Gasteiger partial charge in [0.25, 0.3) is 5.91 Å². The minimum Gasteiger partial charge on any atom is -0.348 e. The van der Waals surface area contributed by atoms with Crippen molar-refractivity contribution in [3.05, 3.63) is 83.1 Å². The van der Waals surface area contributed by atoms with Crippen LogP contribution in [0.3, 0.4) is 0 Å². The van der Waals surface area contributed by atoms with E-state index in [1.807, 2.05) is 31.3 Å². The third-order valence-corrected chi connectivity index (χ3v) is 8.30. The van der Waals surface area contributed by atoms with Crippen LogP contribution in [0.4, 0.5) is 8.78 Å². The van der Waals surface area contributed by atoms with Crippen LogP contribution in [0.1, 0.15) is 72.4 Å². The van der Waals surface area contributed by atoms with E-state index in [1.165, 1.54) is 54.8 Å². The number of likely N-dealkylation sites (tertiary alicyclic amines) is 1. The van der Waals surface area contributed by atoms with Crippen LogP contribution in [0.25, 0.3) is 23.1 Å². The van der Waals surface area contributed by atoms with Gasteiger partial charge in [-0.15, -0.1) is 0 Å². The maximum absolute atomic E-state index is 14.6. The highest BCUT2D eigenvalue weighted by molar-refractivity contribution is 5.97. The van der Waals surface area contributed by atoms with Crippen LogP contribution in [0.5, 0.6) is 0 Å². The molecule has 2 saturated carbocycles. The summed E-state index contributed by atoms with van der Waals surface area (Å²) in [6, 6.07) is 7.58. The number of nitrogens with zero attached hydrogens (tertiary/aromatic N) is 3. The molecule has 1 saturated heterocycles. The molecule has 0 radical (unpaired) electrons. The summed E-state index contributed by atoms with van der Waals surface area (Å²) in [6.07, 6.45) is 13.4. The molecule has 3 fully saturated rings.